The van der Waals surface area contributed by atoms with Crippen LogP contribution in [0.25, 0.3) is 0 Å². The largest absolute Gasteiger partial charge is 0.378 e. The fourth-order valence-electron chi connectivity index (χ4n) is 2.52. The maximum absolute atomic E-state index is 5.63. The van der Waals surface area contributed by atoms with Crippen molar-refractivity contribution in [2.45, 2.75) is 63.8 Å². The Hall–Kier alpha value is -0.870. The number of rotatable bonds is 7. The predicted molar refractivity (Wildman–Crippen MR) is 70.3 cm³/mol. The van der Waals surface area contributed by atoms with E-state index in [0.717, 1.165) is 25.7 Å². The molecule has 1 aliphatic carbocycles. The van der Waals surface area contributed by atoms with E-state index < -0.39 is 0 Å². The van der Waals surface area contributed by atoms with Gasteiger partial charge in [0.15, 0.2) is 0 Å². The van der Waals surface area contributed by atoms with E-state index in [1.165, 1.54) is 44.1 Å². The van der Waals surface area contributed by atoms with Crippen LogP contribution in [0.3, 0.4) is 0 Å². The van der Waals surface area contributed by atoms with Crippen molar-refractivity contribution in [2.24, 2.45) is 0 Å². The fourth-order valence-corrected chi connectivity index (χ4v) is 2.52. The van der Waals surface area contributed by atoms with Crippen LogP contribution in [-0.4, -0.2) is 28.5 Å². The number of aromatic nitrogens is 2. The monoisotopic (exact) mass is 249 g/mol. The standard InChI is InChI=1S/C14H23N3O/c1(3-14-4-2-8-18-14)7-17-11-12(10-16-17)9-15-13-5-6-13/h10-11,13-15H,1-9H2. The minimum absolute atomic E-state index is 0.511. The molecule has 2 heterocycles. The van der Waals surface area contributed by atoms with Gasteiger partial charge in [-0.1, -0.05) is 0 Å². The highest BCUT2D eigenvalue weighted by atomic mass is 16.5. The van der Waals surface area contributed by atoms with Gasteiger partial charge in [0.2, 0.25) is 0 Å². The molecule has 0 radical (unpaired) electrons. The molecule has 1 N–H and O–H groups in total. The summed E-state index contributed by atoms with van der Waals surface area (Å²) in [6, 6.07) is 0.771. The van der Waals surface area contributed by atoms with Crippen LogP contribution >= 0.6 is 0 Å². The van der Waals surface area contributed by atoms with Gasteiger partial charge in [-0.05, 0) is 38.5 Å². The van der Waals surface area contributed by atoms with E-state index in [0.29, 0.717) is 6.10 Å². The van der Waals surface area contributed by atoms with Gasteiger partial charge in [-0.2, -0.15) is 5.10 Å². The smallest absolute Gasteiger partial charge is 0.0576 e. The van der Waals surface area contributed by atoms with Crippen LogP contribution in [0.5, 0.6) is 0 Å². The lowest BCUT2D eigenvalue weighted by molar-refractivity contribution is 0.101. The summed E-state index contributed by atoms with van der Waals surface area (Å²) in [4.78, 5) is 0. The minimum atomic E-state index is 0.511. The van der Waals surface area contributed by atoms with Crippen molar-refractivity contribution in [1.82, 2.24) is 15.1 Å². The molecule has 1 unspecified atom stereocenters. The summed E-state index contributed by atoms with van der Waals surface area (Å²) < 4.78 is 7.70. The maximum atomic E-state index is 5.63. The Balaban J connectivity index is 1.36. The third-order valence-corrected chi connectivity index (χ3v) is 3.80. The molecule has 2 aliphatic rings. The molecule has 0 amide bonds. The van der Waals surface area contributed by atoms with Crippen molar-refractivity contribution in [2.75, 3.05) is 6.61 Å². The molecule has 4 heteroatoms. The second kappa shape index (κ2) is 5.85. The minimum Gasteiger partial charge on any atom is -0.378 e. The first-order valence-corrected chi connectivity index (χ1v) is 7.26. The van der Waals surface area contributed by atoms with Crippen LogP contribution in [0.1, 0.15) is 44.1 Å². The second-order valence-electron chi connectivity index (χ2n) is 5.54. The first-order valence-electron chi connectivity index (χ1n) is 7.26. The lowest BCUT2D eigenvalue weighted by Gasteiger charge is -2.08. The van der Waals surface area contributed by atoms with Gasteiger partial charge >= 0.3 is 0 Å². The summed E-state index contributed by atoms with van der Waals surface area (Å²) in [6.07, 6.45) is 12.2. The molecule has 18 heavy (non-hydrogen) atoms. The normalized spacial score (nSPS) is 23.7. The van der Waals surface area contributed by atoms with Gasteiger partial charge in [0.25, 0.3) is 0 Å². The number of hydrogen-bond acceptors (Lipinski definition) is 3. The molecule has 2 fully saturated rings. The van der Waals surface area contributed by atoms with Crippen LogP contribution < -0.4 is 5.32 Å². The number of aryl methyl sites for hydroxylation is 1. The van der Waals surface area contributed by atoms with E-state index in [2.05, 4.69) is 21.3 Å². The van der Waals surface area contributed by atoms with E-state index in [4.69, 9.17) is 4.74 Å². The van der Waals surface area contributed by atoms with Crippen LogP contribution in [0.15, 0.2) is 12.4 Å². The lowest BCUT2D eigenvalue weighted by Crippen LogP contribution is -2.14. The number of hydrogen-bond donors (Lipinski definition) is 1. The van der Waals surface area contributed by atoms with Gasteiger partial charge in [-0.15, -0.1) is 0 Å². The summed E-state index contributed by atoms with van der Waals surface area (Å²) in [5.74, 6) is 0. The number of nitrogens with zero attached hydrogens (tertiary/aromatic N) is 2. The summed E-state index contributed by atoms with van der Waals surface area (Å²) >= 11 is 0. The molecule has 4 nitrogen and oxygen atoms in total. The molecule has 3 rings (SSSR count). The zero-order valence-electron chi connectivity index (χ0n) is 11.0. The van der Waals surface area contributed by atoms with Crippen LogP contribution in [0, 0.1) is 0 Å². The van der Waals surface area contributed by atoms with Crippen LogP contribution in [-0.2, 0) is 17.8 Å². The number of nitrogens with one attached hydrogen (secondary N) is 1. The van der Waals surface area contributed by atoms with Crippen molar-refractivity contribution in [3.05, 3.63) is 18.0 Å². The first kappa shape index (κ1) is 12.2. The summed E-state index contributed by atoms with van der Waals surface area (Å²) in [6.45, 7) is 2.95. The van der Waals surface area contributed by atoms with Gasteiger partial charge in [-0.25, -0.2) is 0 Å². The Bertz CT molecular complexity index is 367. The average Bonchev–Trinajstić information content (AvgIpc) is 2.89. The zero-order valence-corrected chi connectivity index (χ0v) is 11.0. The molecule has 0 aromatic carbocycles. The van der Waals surface area contributed by atoms with Crippen LogP contribution in [0.2, 0.25) is 0 Å². The Morgan fingerprint density at radius 1 is 1.39 bits per heavy atom. The molecule has 1 saturated carbocycles. The average molecular weight is 249 g/mol. The van der Waals surface area contributed by atoms with Crippen molar-refractivity contribution < 1.29 is 4.74 Å². The quantitative estimate of drug-likeness (QED) is 0.804. The van der Waals surface area contributed by atoms with Gasteiger partial charge in [0, 0.05) is 37.5 Å². The summed E-state index contributed by atoms with van der Waals surface area (Å²) in [5, 5.41) is 7.93. The molecular formula is C14H23N3O. The van der Waals surface area contributed by atoms with E-state index >= 15 is 0 Å². The SMILES string of the molecule is c1nn(CCCC2CCCO2)cc1CNC1CC1. The molecule has 1 saturated heterocycles. The molecule has 1 aromatic heterocycles. The van der Waals surface area contributed by atoms with Crippen molar-refractivity contribution in [1.29, 1.82) is 0 Å². The molecule has 0 bridgehead atoms. The highest BCUT2D eigenvalue weighted by Gasteiger charge is 2.20. The lowest BCUT2D eigenvalue weighted by atomic mass is 10.1. The third kappa shape index (κ3) is 3.56. The topological polar surface area (TPSA) is 39.1 Å². The van der Waals surface area contributed by atoms with E-state index in [1.54, 1.807) is 0 Å². The van der Waals surface area contributed by atoms with E-state index in [-0.39, 0.29) is 0 Å². The molecule has 1 aromatic rings. The first-order chi connectivity index (χ1) is 8.90. The Labute approximate surface area is 109 Å². The van der Waals surface area contributed by atoms with E-state index in [1.807, 2.05) is 6.20 Å². The fraction of sp³-hybridized carbons (Fsp3) is 0.786. The third-order valence-electron chi connectivity index (χ3n) is 3.80. The van der Waals surface area contributed by atoms with Gasteiger partial charge in [0.1, 0.15) is 0 Å². The number of ether oxygens (including phenoxy) is 1. The highest BCUT2D eigenvalue weighted by Crippen LogP contribution is 2.19. The summed E-state index contributed by atoms with van der Waals surface area (Å²) in [7, 11) is 0. The van der Waals surface area contributed by atoms with Crippen molar-refractivity contribution >= 4 is 0 Å². The zero-order chi connectivity index (χ0) is 12.2. The Morgan fingerprint density at radius 3 is 3.11 bits per heavy atom. The van der Waals surface area contributed by atoms with Crippen molar-refractivity contribution in [3.8, 4) is 0 Å². The second-order valence-corrected chi connectivity index (χ2v) is 5.54. The summed E-state index contributed by atoms with van der Waals surface area (Å²) in [5.41, 5.74) is 1.30. The predicted octanol–water partition coefficient (Wildman–Crippen LogP) is 2.09. The van der Waals surface area contributed by atoms with Crippen molar-refractivity contribution in [3.63, 3.8) is 0 Å². The van der Waals surface area contributed by atoms with Gasteiger partial charge in [0.05, 0.1) is 12.3 Å². The Morgan fingerprint density at radius 2 is 2.33 bits per heavy atom. The van der Waals surface area contributed by atoms with E-state index in [9.17, 15) is 0 Å². The van der Waals surface area contributed by atoms with Crippen LogP contribution in [0.4, 0.5) is 0 Å². The van der Waals surface area contributed by atoms with Gasteiger partial charge < -0.3 is 10.1 Å². The Kier molecular flexibility index (Phi) is 3.96. The van der Waals surface area contributed by atoms with Gasteiger partial charge in [-0.3, -0.25) is 4.68 Å². The molecule has 1 atom stereocenters. The maximum Gasteiger partial charge on any atom is 0.0576 e. The molecule has 100 valence electrons. The molecule has 1 aliphatic heterocycles. The molecule has 0 spiro atoms. The molecular weight excluding hydrogens is 226 g/mol. The highest BCUT2D eigenvalue weighted by molar-refractivity contribution is 5.04.